The summed E-state index contributed by atoms with van der Waals surface area (Å²) in [5, 5.41) is 2.83. The van der Waals surface area contributed by atoms with Gasteiger partial charge >= 0.3 is 0 Å². The average Bonchev–Trinajstić information content (AvgIpc) is 2.16. The van der Waals surface area contributed by atoms with Gasteiger partial charge in [-0.1, -0.05) is 32.4 Å². The third-order valence-corrected chi connectivity index (χ3v) is 2.15. The van der Waals surface area contributed by atoms with Crippen LogP contribution in [-0.4, -0.2) is 25.7 Å². The zero-order valence-electron chi connectivity index (χ0n) is 10.1. The first-order valence-electron chi connectivity index (χ1n) is 5.55. The summed E-state index contributed by atoms with van der Waals surface area (Å²) >= 11 is 0. The molecule has 3 heteroatoms. The number of rotatable bonds is 8. The molecule has 1 amide bonds. The summed E-state index contributed by atoms with van der Waals surface area (Å²) in [6.45, 7) is 11.5. The Kier molecular flexibility index (Phi) is 8.01. The van der Waals surface area contributed by atoms with E-state index in [0.717, 1.165) is 12.0 Å². The van der Waals surface area contributed by atoms with E-state index in [9.17, 15) is 4.79 Å². The Balaban J connectivity index is 3.35. The smallest absolute Gasteiger partial charge is 0.220 e. The van der Waals surface area contributed by atoms with Crippen LogP contribution < -0.4 is 5.32 Å². The van der Waals surface area contributed by atoms with E-state index in [1.807, 2.05) is 6.92 Å². The van der Waals surface area contributed by atoms with Crippen molar-refractivity contribution in [1.29, 1.82) is 0 Å². The number of hydrogen-bond acceptors (Lipinski definition) is 2. The van der Waals surface area contributed by atoms with Gasteiger partial charge in [-0.15, -0.1) is 0 Å². The number of amides is 1. The van der Waals surface area contributed by atoms with Crippen molar-refractivity contribution < 1.29 is 9.53 Å². The fourth-order valence-corrected chi connectivity index (χ4v) is 1.04. The lowest BCUT2D eigenvalue weighted by Gasteiger charge is -2.09. The van der Waals surface area contributed by atoms with Crippen LogP contribution in [0.25, 0.3) is 0 Å². The van der Waals surface area contributed by atoms with Crippen molar-refractivity contribution in [2.24, 2.45) is 5.92 Å². The van der Waals surface area contributed by atoms with E-state index >= 15 is 0 Å². The van der Waals surface area contributed by atoms with Crippen molar-refractivity contribution in [2.75, 3.05) is 19.8 Å². The second-order valence-electron chi connectivity index (χ2n) is 4.08. The van der Waals surface area contributed by atoms with E-state index in [2.05, 4.69) is 25.7 Å². The molecule has 0 aliphatic carbocycles. The molecular weight excluding hydrogens is 190 g/mol. The van der Waals surface area contributed by atoms with E-state index in [-0.39, 0.29) is 5.91 Å². The molecule has 88 valence electrons. The summed E-state index contributed by atoms with van der Waals surface area (Å²) in [5.74, 6) is 0.574. The van der Waals surface area contributed by atoms with Crippen molar-refractivity contribution in [3.05, 3.63) is 12.2 Å². The first-order chi connectivity index (χ1) is 7.06. The number of ether oxygens (including phenoxy) is 1. The number of carbonyl (C=O) groups is 1. The van der Waals surface area contributed by atoms with Gasteiger partial charge in [0.1, 0.15) is 0 Å². The summed E-state index contributed by atoms with van der Waals surface area (Å²) in [4.78, 5) is 11.3. The molecule has 1 unspecified atom stereocenters. The zero-order chi connectivity index (χ0) is 11.7. The first kappa shape index (κ1) is 14.2. The standard InChI is InChI=1S/C12H23NO2/c1-5-11(4)8-12(14)13-6-7-15-9-10(2)3/h11H,2,5-9H2,1,3-4H3,(H,13,14). The van der Waals surface area contributed by atoms with E-state index in [1.165, 1.54) is 0 Å². The highest BCUT2D eigenvalue weighted by Gasteiger charge is 2.05. The molecule has 0 saturated heterocycles. The molecular formula is C12H23NO2. The molecule has 0 bridgehead atoms. The first-order valence-corrected chi connectivity index (χ1v) is 5.55. The topological polar surface area (TPSA) is 38.3 Å². The van der Waals surface area contributed by atoms with Gasteiger partial charge < -0.3 is 10.1 Å². The van der Waals surface area contributed by atoms with Gasteiger partial charge in [0.25, 0.3) is 0 Å². The molecule has 0 aliphatic heterocycles. The van der Waals surface area contributed by atoms with Crippen LogP contribution in [0.5, 0.6) is 0 Å². The fraction of sp³-hybridized carbons (Fsp3) is 0.750. The lowest BCUT2D eigenvalue weighted by molar-refractivity contribution is -0.122. The minimum absolute atomic E-state index is 0.114. The molecule has 0 saturated carbocycles. The van der Waals surface area contributed by atoms with Crippen LogP contribution in [0.4, 0.5) is 0 Å². The van der Waals surface area contributed by atoms with Gasteiger partial charge in [0.05, 0.1) is 13.2 Å². The number of carbonyl (C=O) groups excluding carboxylic acids is 1. The lowest BCUT2D eigenvalue weighted by Crippen LogP contribution is -2.28. The van der Waals surface area contributed by atoms with Gasteiger partial charge in [0.15, 0.2) is 0 Å². The van der Waals surface area contributed by atoms with Crippen molar-refractivity contribution >= 4 is 5.91 Å². The average molecular weight is 213 g/mol. The summed E-state index contributed by atoms with van der Waals surface area (Å²) in [6, 6.07) is 0. The van der Waals surface area contributed by atoms with Gasteiger partial charge in [0, 0.05) is 13.0 Å². The van der Waals surface area contributed by atoms with Crippen molar-refractivity contribution in [3.63, 3.8) is 0 Å². The van der Waals surface area contributed by atoms with E-state index in [1.54, 1.807) is 0 Å². The van der Waals surface area contributed by atoms with Gasteiger partial charge in [0.2, 0.25) is 5.91 Å². The van der Waals surface area contributed by atoms with Crippen LogP contribution in [0.1, 0.15) is 33.6 Å². The number of nitrogens with one attached hydrogen (secondary N) is 1. The zero-order valence-corrected chi connectivity index (χ0v) is 10.1. The fourth-order valence-electron chi connectivity index (χ4n) is 1.04. The summed E-state index contributed by atoms with van der Waals surface area (Å²) in [7, 11) is 0. The van der Waals surface area contributed by atoms with Crippen molar-refractivity contribution in [3.8, 4) is 0 Å². The molecule has 0 heterocycles. The second kappa shape index (κ2) is 8.48. The molecule has 3 nitrogen and oxygen atoms in total. The highest BCUT2D eigenvalue weighted by atomic mass is 16.5. The highest BCUT2D eigenvalue weighted by Crippen LogP contribution is 2.05. The Morgan fingerprint density at radius 1 is 1.53 bits per heavy atom. The Bertz CT molecular complexity index is 202. The maximum Gasteiger partial charge on any atom is 0.220 e. The highest BCUT2D eigenvalue weighted by molar-refractivity contribution is 5.76. The van der Waals surface area contributed by atoms with E-state index in [0.29, 0.717) is 32.1 Å². The maximum absolute atomic E-state index is 11.3. The van der Waals surface area contributed by atoms with E-state index < -0.39 is 0 Å². The minimum atomic E-state index is 0.114. The third-order valence-electron chi connectivity index (χ3n) is 2.15. The Morgan fingerprint density at radius 3 is 2.73 bits per heavy atom. The van der Waals surface area contributed by atoms with Crippen LogP contribution in [0.2, 0.25) is 0 Å². The summed E-state index contributed by atoms with van der Waals surface area (Å²) < 4.78 is 5.26. The molecule has 0 spiro atoms. The van der Waals surface area contributed by atoms with Gasteiger partial charge in [-0.05, 0) is 12.8 Å². The molecule has 0 aromatic heterocycles. The predicted molar refractivity (Wildman–Crippen MR) is 62.7 cm³/mol. The van der Waals surface area contributed by atoms with Crippen LogP contribution in [-0.2, 0) is 9.53 Å². The normalized spacial score (nSPS) is 12.2. The molecule has 15 heavy (non-hydrogen) atoms. The number of hydrogen-bond donors (Lipinski definition) is 1. The second-order valence-corrected chi connectivity index (χ2v) is 4.08. The predicted octanol–water partition coefficient (Wildman–Crippen LogP) is 2.13. The molecule has 0 aliphatic rings. The van der Waals surface area contributed by atoms with Gasteiger partial charge in [-0.25, -0.2) is 0 Å². The van der Waals surface area contributed by atoms with Crippen LogP contribution >= 0.6 is 0 Å². The van der Waals surface area contributed by atoms with Crippen LogP contribution in [0.3, 0.4) is 0 Å². The van der Waals surface area contributed by atoms with Crippen molar-refractivity contribution in [2.45, 2.75) is 33.6 Å². The molecule has 0 fully saturated rings. The third kappa shape index (κ3) is 9.47. The Hall–Kier alpha value is -0.830. The Morgan fingerprint density at radius 2 is 2.20 bits per heavy atom. The quantitative estimate of drug-likeness (QED) is 0.495. The lowest BCUT2D eigenvalue weighted by atomic mass is 10.1. The van der Waals surface area contributed by atoms with Gasteiger partial charge in [-0.2, -0.15) is 0 Å². The molecule has 0 aromatic carbocycles. The van der Waals surface area contributed by atoms with E-state index in [4.69, 9.17) is 4.74 Å². The minimum Gasteiger partial charge on any atom is -0.375 e. The van der Waals surface area contributed by atoms with Crippen molar-refractivity contribution in [1.82, 2.24) is 5.32 Å². The Labute approximate surface area is 92.9 Å². The van der Waals surface area contributed by atoms with Crippen LogP contribution in [0, 0.1) is 5.92 Å². The van der Waals surface area contributed by atoms with Crippen LogP contribution in [0.15, 0.2) is 12.2 Å². The summed E-state index contributed by atoms with van der Waals surface area (Å²) in [5.41, 5.74) is 1.00. The van der Waals surface area contributed by atoms with Gasteiger partial charge in [-0.3, -0.25) is 4.79 Å². The molecule has 1 N–H and O–H groups in total. The largest absolute Gasteiger partial charge is 0.375 e. The molecule has 0 radical (unpaired) electrons. The SMILES string of the molecule is C=C(C)COCCNC(=O)CC(C)CC. The molecule has 1 atom stereocenters. The molecule has 0 aromatic rings. The maximum atomic E-state index is 11.3. The summed E-state index contributed by atoms with van der Waals surface area (Å²) in [6.07, 6.45) is 1.65. The monoisotopic (exact) mass is 213 g/mol. The molecule has 0 rings (SSSR count).